The van der Waals surface area contributed by atoms with Crippen molar-refractivity contribution in [2.24, 2.45) is 0 Å². The van der Waals surface area contributed by atoms with Crippen molar-refractivity contribution >= 4 is 173 Å². The molecule has 3 aliphatic carbocycles. The molecule has 7 heteroatoms. The summed E-state index contributed by atoms with van der Waals surface area (Å²) in [6, 6.07) is 106. The lowest BCUT2D eigenvalue weighted by molar-refractivity contribution is 0.668. The molecule has 0 amide bonds. The first-order valence-electron chi connectivity index (χ1n) is 32.9. The van der Waals surface area contributed by atoms with Gasteiger partial charge in [-0.25, -0.2) is 0 Å². The first-order chi connectivity index (χ1) is 47.9. The third kappa shape index (κ3) is 7.47. The summed E-state index contributed by atoms with van der Waals surface area (Å²) in [6.45, 7) is 0. The van der Waals surface area contributed by atoms with Crippen LogP contribution >= 0.6 is 31.9 Å². The van der Waals surface area contributed by atoms with Crippen LogP contribution in [0.2, 0.25) is 0 Å². The van der Waals surface area contributed by atoms with Gasteiger partial charge in [-0.3, -0.25) is 0 Å². The number of fused-ring (bicyclic) bond motifs is 27. The number of rotatable bonds is 2. The smallest absolute Gasteiger partial charge is 0.135 e. The summed E-state index contributed by atoms with van der Waals surface area (Å²) >= 11 is 6.94. The van der Waals surface area contributed by atoms with Gasteiger partial charge < -0.3 is 23.0 Å². The molecule has 5 nitrogen and oxygen atoms in total. The van der Waals surface area contributed by atoms with Crippen LogP contribution in [0.1, 0.15) is 0 Å². The van der Waals surface area contributed by atoms with E-state index in [1.807, 2.05) is 24.3 Å². The predicted octanol–water partition coefficient (Wildman–Crippen LogP) is 26.6. The van der Waals surface area contributed by atoms with E-state index in [2.05, 4.69) is 313 Å². The fraction of sp³-hybridized carbons (Fsp3) is 0. The Morgan fingerprint density at radius 2 is 0.577 bits per heavy atom. The number of H-pyrrole nitrogens is 1. The van der Waals surface area contributed by atoms with Gasteiger partial charge in [-0.1, -0.05) is 214 Å². The Bertz CT molecular complexity index is 6790. The zero-order chi connectivity index (χ0) is 63.5. The van der Waals surface area contributed by atoms with E-state index in [0.29, 0.717) is 0 Å². The third-order valence-electron chi connectivity index (χ3n) is 21.1. The number of hydrogen-bond acceptors (Lipinski definition) is 2. The Morgan fingerprint density at radius 3 is 1.04 bits per heavy atom. The Balaban J connectivity index is 0.000000129. The van der Waals surface area contributed by atoms with Gasteiger partial charge in [-0.15, -0.1) is 0 Å². The number of nitrogens with zero attached hydrogens (tertiary/aromatic N) is 2. The molecular formula is C90H49Br2N3O2. The summed E-state index contributed by atoms with van der Waals surface area (Å²) in [4.78, 5) is 3.63. The normalized spacial score (nSPS) is 12.4. The molecule has 5 aromatic heterocycles. The molecule has 24 rings (SSSR count). The molecule has 97 heavy (non-hydrogen) atoms. The lowest BCUT2D eigenvalue weighted by Crippen LogP contribution is -1.95. The van der Waals surface area contributed by atoms with Crippen LogP contribution in [0, 0.1) is 0 Å². The highest BCUT2D eigenvalue weighted by atomic mass is 79.9. The monoisotopic (exact) mass is 1360 g/mol. The van der Waals surface area contributed by atoms with Gasteiger partial charge in [0.15, 0.2) is 0 Å². The van der Waals surface area contributed by atoms with E-state index in [1.165, 1.54) is 164 Å². The van der Waals surface area contributed by atoms with E-state index < -0.39 is 0 Å². The van der Waals surface area contributed by atoms with Gasteiger partial charge in [0, 0.05) is 95.9 Å². The third-order valence-corrected chi connectivity index (χ3v) is 22.1. The number of hydrogen-bond donors (Lipinski definition) is 1. The van der Waals surface area contributed by atoms with Crippen molar-refractivity contribution in [1.29, 1.82) is 0 Å². The molecule has 0 atom stereocenters. The molecule has 0 unspecified atom stereocenters. The van der Waals surface area contributed by atoms with E-state index in [-0.39, 0.29) is 0 Å². The molecule has 0 saturated carbocycles. The molecule has 5 heterocycles. The number of benzene rings is 16. The quantitative estimate of drug-likeness (QED) is 0.188. The van der Waals surface area contributed by atoms with Crippen molar-refractivity contribution in [2.75, 3.05) is 0 Å². The average molecular weight is 1360 g/mol. The van der Waals surface area contributed by atoms with Crippen LogP contribution in [-0.2, 0) is 0 Å². The number of furan rings is 2. The van der Waals surface area contributed by atoms with Crippen LogP contribution in [0.4, 0.5) is 0 Å². The SMILES string of the molecule is Brc1ccc2oc3ccc(Br)cc3c2c1.c1ccc2c(c1)-c1cccc3c1c-2cc1c2ccccc2[nH]c31.c1ccc2c(c1)-c1cccc3c1c-2cc1c2ccccc2n(-c2ccc4oc5ccc(-n6c7ccccc7c7cc8c9c(cccc9c76)-c6ccccc6-8)cc5c4c2)c31. The summed E-state index contributed by atoms with van der Waals surface area (Å²) < 4.78 is 19.4. The molecule has 0 spiro atoms. The zero-order valence-corrected chi connectivity index (χ0v) is 54.9. The molecule has 0 aliphatic heterocycles. The fourth-order valence-electron chi connectivity index (χ4n) is 17.1. The van der Waals surface area contributed by atoms with Crippen LogP contribution in [0.25, 0.3) is 220 Å². The molecule has 0 saturated heterocycles. The minimum atomic E-state index is 0.884. The van der Waals surface area contributed by atoms with Crippen LogP contribution in [0.15, 0.2) is 309 Å². The summed E-state index contributed by atoms with van der Waals surface area (Å²) in [5.41, 5.74) is 29.1. The highest BCUT2D eigenvalue weighted by Gasteiger charge is 2.29. The van der Waals surface area contributed by atoms with Crippen molar-refractivity contribution in [3.05, 3.63) is 300 Å². The predicted molar refractivity (Wildman–Crippen MR) is 413 cm³/mol. The van der Waals surface area contributed by atoms with E-state index in [1.54, 1.807) is 0 Å². The maximum Gasteiger partial charge on any atom is 0.135 e. The van der Waals surface area contributed by atoms with Gasteiger partial charge in [0.1, 0.15) is 22.3 Å². The highest BCUT2D eigenvalue weighted by molar-refractivity contribution is 9.10. The summed E-state index contributed by atoms with van der Waals surface area (Å²) in [7, 11) is 0. The summed E-state index contributed by atoms with van der Waals surface area (Å²) in [6.07, 6.45) is 0. The maximum atomic E-state index is 6.62. The maximum absolute atomic E-state index is 6.62. The van der Waals surface area contributed by atoms with Crippen molar-refractivity contribution in [2.45, 2.75) is 0 Å². The second-order valence-electron chi connectivity index (χ2n) is 26.0. The number of aromatic amines is 1. The van der Waals surface area contributed by atoms with Crippen LogP contribution in [-0.4, -0.2) is 14.1 Å². The van der Waals surface area contributed by atoms with Crippen molar-refractivity contribution < 1.29 is 8.83 Å². The molecule has 0 radical (unpaired) electrons. The van der Waals surface area contributed by atoms with Gasteiger partial charge in [0.25, 0.3) is 0 Å². The van der Waals surface area contributed by atoms with Crippen LogP contribution in [0.3, 0.4) is 0 Å². The molecule has 0 bridgehead atoms. The van der Waals surface area contributed by atoms with E-state index in [4.69, 9.17) is 8.83 Å². The summed E-state index contributed by atoms with van der Waals surface area (Å²) in [5.74, 6) is 0. The van der Waals surface area contributed by atoms with Gasteiger partial charge in [-0.05, 0) is 192 Å². The number of halogens is 2. The van der Waals surface area contributed by atoms with Crippen molar-refractivity contribution in [3.63, 3.8) is 0 Å². The first kappa shape index (κ1) is 53.6. The fourth-order valence-corrected chi connectivity index (χ4v) is 17.8. The van der Waals surface area contributed by atoms with Gasteiger partial charge in [0.2, 0.25) is 0 Å². The lowest BCUT2D eigenvalue weighted by atomic mass is 9.99. The Morgan fingerprint density at radius 1 is 0.237 bits per heavy atom. The first-order valence-corrected chi connectivity index (χ1v) is 34.5. The van der Waals surface area contributed by atoms with Gasteiger partial charge in [-0.2, -0.15) is 0 Å². The van der Waals surface area contributed by atoms with Crippen LogP contribution < -0.4 is 0 Å². The lowest BCUT2D eigenvalue weighted by Gasteiger charge is -2.12. The van der Waals surface area contributed by atoms with E-state index >= 15 is 0 Å². The molecular weight excluding hydrogens is 1310 g/mol. The molecule has 0 fully saturated rings. The van der Waals surface area contributed by atoms with Gasteiger partial charge >= 0.3 is 0 Å². The Labute approximate surface area is 570 Å². The molecule has 3 aliphatic rings. The van der Waals surface area contributed by atoms with Crippen molar-refractivity contribution in [3.8, 4) is 78.1 Å². The largest absolute Gasteiger partial charge is 0.456 e. The number of para-hydroxylation sites is 3. The van der Waals surface area contributed by atoms with Crippen LogP contribution in [0.5, 0.6) is 0 Å². The standard InChI is InChI=1S/C56H30N2O.C22H13N.C12H6Br2O/c1-3-13-35-33(11-1)39-17-9-19-41-53(39)45(35)29-47-37-15-5-7-21-49(37)57(55(41)47)31-23-25-51-43(27-31)44-28-32(24-26-52(44)59-51)58-50-22-8-6-16-38(50)48-30-46-36-14-4-2-12-34(36)40-18-10-20-42(54(40)46)56(48)58;1-2-7-14-13(6-1)16-9-5-10-17-21(16)18(14)12-19-15-8-3-4-11-20(15)23-22(17)19;13-7-1-3-11-9(5-7)10-6-8(14)2-4-12(10)15-11/h1-30H;1-12,23H;1-6H. The van der Waals surface area contributed by atoms with Gasteiger partial charge in [0.05, 0.1) is 27.6 Å². The topological polar surface area (TPSA) is 51.9 Å². The Kier molecular flexibility index (Phi) is 11.0. The molecule has 21 aromatic rings. The minimum Gasteiger partial charge on any atom is -0.456 e. The second-order valence-corrected chi connectivity index (χ2v) is 27.9. The average Bonchev–Trinajstić information content (AvgIpc) is 1.54. The van der Waals surface area contributed by atoms with E-state index in [9.17, 15) is 0 Å². The minimum absolute atomic E-state index is 0.884. The molecule has 450 valence electrons. The zero-order valence-electron chi connectivity index (χ0n) is 51.7. The van der Waals surface area contributed by atoms with E-state index in [0.717, 1.165) is 64.2 Å². The number of nitrogens with one attached hydrogen (secondary N) is 1. The molecule has 1 N–H and O–H groups in total. The number of aromatic nitrogens is 3. The highest BCUT2D eigenvalue weighted by Crippen LogP contribution is 2.55. The summed E-state index contributed by atoms with van der Waals surface area (Å²) in [5, 5.41) is 20.1. The van der Waals surface area contributed by atoms with Crippen molar-refractivity contribution in [1.82, 2.24) is 14.1 Å². The molecule has 16 aromatic carbocycles. The second kappa shape index (κ2) is 19.9. The Hall–Kier alpha value is -11.7.